The monoisotopic (exact) mass is 342 g/mol. The summed E-state index contributed by atoms with van der Waals surface area (Å²) in [6, 6.07) is 8.68. The van der Waals surface area contributed by atoms with Crippen LogP contribution in [0.2, 0.25) is 0 Å². The van der Waals surface area contributed by atoms with Gasteiger partial charge in [-0.1, -0.05) is 62.9 Å². The van der Waals surface area contributed by atoms with Crippen LogP contribution in [0.4, 0.5) is 0 Å². The molecular weight excluding hydrogens is 308 g/mol. The highest BCUT2D eigenvalue weighted by atomic mass is 16.7. The van der Waals surface area contributed by atoms with Gasteiger partial charge in [-0.3, -0.25) is 0 Å². The first-order valence-corrected chi connectivity index (χ1v) is 10.2. The third kappa shape index (κ3) is 5.18. The molecule has 3 rings (SSSR count). The van der Waals surface area contributed by atoms with Crippen LogP contribution < -0.4 is 0 Å². The van der Waals surface area contributed by atoms with Crippen LogP contribution in [0.5, 0.6) is 0 Å². The Morgan fingerprint density at radius 3 is 2.28 bits per heavy atom. The molecule has 2 aliphatic rings. The van der Waals surface area contributed by atoms with Gasteiger partial charge in [-0.2, -0.15) is 0 Å². The minimum Gasteiger partial charge on any atom is -0.348 e. The number of benzene rings is 1. The highest BCUT2D eigenvalue weighted by Crippen LogP contribution is 2.38. The van der Waals surface area contributed by atoms with E-state index < -0.39 is 0 Å². The maximum absolute atomic E-state index is 6.09. The van der Waals surface area contributed by atoms with Gasteiger partial charge in [0.05, 0.1) is 13.2 Å². The summed E-state index contributed by atoms with van der Waals surface area (Å²) in [6.07, 6.45) is 12.2. The third-order valence-electron chi connectivity index (χ3n) is 6.07. The lowest BCUT2D eigenvalue weighted by molar-refractivity contribution is -0.214. The fourth-order valence-electron chi connectivity index (χ4n) is 4.45. The van der Waals surface area contributed by atoms with E-state index in [1.54, 1.807) is 0 Å². The summed E-state index contributed by atoms with van der Waals surface area (Å²) >= 11 is 0. The molecule has 0 aromatic heterocycles. The second-order valence-corrected chi connectivity index (χ2v) is 7.90. The molecular formula is C23H34O2. The fraction of sp³-hybridized carbons (Fsp3) is 0.652. The quantitative estimate of drug-likeness (QED) is 0.560. The van der Waals surface area contributed by atoms with E-state index in [4.69, 9.17) is 9.47 Å². The van der Waals surface area contributed by atoms with Crippen molar-refractivity contribution >= 4 is 0 Å². The Balaban J connectivity index is 1.45. The summed E-state index contributed by atoms with van der Waals surface area (Å²) in [5, 5.41) is 0. The number of rotatable bonds is 7. The smallest absolute Gasteiger partial charge is 0.183 e. The van der Waals surface area contributed by atoms with Gasteiger partial charge in [0.25, 0.3) is 0 Å². The average molecular weight is 343 g/mol. The highest BCUT2D eigenvalue weighted by Gasteiger charge is 2.32. The number of ether oxygens (including phenoxy) is 2. The van der Waals surface area contributed by atoms with Crippen LogP contribution in [0, 0.1) is 17.8 Å². The first kappa shape index (κ1) is 18.7. The topological polar surface area (TPSA) is 18.5 Å². The Labute approximate surface area is 153 Å². The highest BCUT2D eigenvalue weighted by molar-refractivity contribution is 5.24. The van der Waals surface area contributed by atoms with Crippen molar-refractivity contribution in [3.05, 3.63) is 48.0 Å². The Morgan fingerprint density at radius 2 is 1.68 bits per heavy atom. The summed E-state index contributed by atoms with van der Waals surface area (Å²) in [5.41, 5.74) is 2.49. The van der Waals surface area contributed by atoms with E-state index in [-0.39, 0.29) is 6.29 Å². The molecule has 1 aromatic carbocycles. The second-order valence-electron chi connectivity index (χ2n) is 7.90. The Kier molecular flexibility index (Phi) is 7.12. The van der Waals surface area contributed by atoms with Crippen LogP contribution in [0.15, 0.2) is 36.9 Å². The molecule has 138 valence electrons. The molecule has 1 heterocycles. The van der Waals surface area contributed by atoms with Gasteiger partial charge in [-0.05, 0) is 43.1 Å². The Bertz CT molecular complexity index is 505. The lowest BCUT2D eigenvalue weighted by Gasteiger charge is -2.37. The van der Waals surface area contributed by atoms with Crippen molar-refractivity contribution in [1.29, 1.82) is 0 Å². The van der Waals surface area contributed by atoms with Crippen LogP contribution in [0.1, 0.15) is 69.3 Å². The van der Waals surface area contributed by atoms with Crippen LogP contribution >= 0.6 is 0 Å². The van der Waals surface area contributed by atoms with Gasteiger partial charge in [0.1, 0.15) is 0 Å². The summed E-state index contributed by atoms with van der Waals surface area (Å²) in [7, 11) is 0. The predicted molar refractivity (Wildman–Crippen MR) is 103 cm³/mol. The molecule has 1 aliphatic heterocycles. The maximum atomic E-state index is 6.09. The molecule has 0 unspecified atom stereocenters. The molecule has 0 N–H and O–H groups in total. The zero-order chi connectivity index (χ0) is 17.5. The summed E-state index contributed by atoms with van der Waals surface area (Å²) < 4.78 is 12.2. The van der Waals surface area contributed by atoms with Crippen molar-refractivity contribution in [2.24, 2.45) is 17.8 Å². The largest absolute Gasteiger partial charge is 0.348 e. The normalized spacial score (nSPS) is 30.1. The molecule has 0 spiro atoms. The summed E-state index contributed by atoms with van der Waals surface area (Å²) in [5.74, 6) is 2.36. The van der Waals surface area contributed by atoms with Gasteiger partial charge < -0.3 is 9.47 Å². The lowest BCUT2D eigenvalue weighted by Crippen LogP contribution is -2.34. The fourth-order valence-corrected chi connectivity index (χ4v) is 4.45. The van der Waals surface area contributed by atoms with Gasteiger partial charge in [0, 0.05) is 11.5 Å². The molecule has 0 amide bonds. The first-order valence-electron chi connectivity index (χ1n) is 10.2. The standard InChI is InChI=1S/C23H34O2/c1-3-5-7-19-10-14-21(15-11-19)23-24-16-22(17-25-23)20-12-8-18(6-4-2)9-13-20/h3,10-11,14-15,18,20,22-23H,1,4-9,12-13,16-17H2,2H3. The molecule has 1 aliphatic carbocycles. The van der Waals surface area contributed by atoms with E-state index in [1.807, 2.05) is 6.08 Å². The van der Waals surface area contributed by atoms with Crippen molar-refractivity contribution in [2.75, 3.05) is 13.2 Å². The predicted octanol–water partition coefficient (Wildman–Crippen LogP) is 6.07. The molecule has 0 atom stereocenters. The number of aryl methyl sites for hydroxylation is 1. The minimum absolute atomic E-state index is 0.180. The van der Waals surface area contributed by atoms with Crippen LogP contribution in [-0.2, 0) is 15.9 Å². The number of hydrogen-bond acceptors (Lipinski definition) is 2. The van der Waals surface area contributed by atoms with E-state index in [9.17, 15) is 0 Å². The first-order chi connectivity index (χ1) is 12.3. The number of hydrogen-bond donors (Lipinski definition) is 0. The van der Waals surface area contributed by atoms with Gasteiger partial charge in [0.15, 0.2) is 6.29 Å². The molecule has 0 bridgehead atoms. The molecule has 1 saturated carbocycles. The summed E-state index contributed by atoms with van der Waals surface area (Å²) in [6.45, 7) is 7.80. The van der Waals surface area contributed by atoms with Gasteiger partial charge >= 0.3 is 0 Å². The van der Waals surface area contributed by atoms with Crippen molar-refractivity contribution in [1.82, 2.24) is 0 Å². The lowest BCUT2D eigenvalue weighted by atomic mass is 9.75. The van der Waals surface area contributed by atoms with Crippen LogP contribution in [0.25, 0.3) is 0 Å². The molecule has 1 saturated heterocycles. The Hall–Kier alpha value is -1.12. The molecule has 0 radical (unpaired) electrons. The van der Waals surface area contributed by atoms with Gasteiger partial charge in [-0.25, -0.2) is 0 Å². The van der Waals surface area contributed by atoms with Gasteiger partial charge in [-0.15, -0.1) is 6.58 Å². The average Bonchev–Trinajstić information content (AvgIpc) is 2.68. The van der Waals surface area contributed by atoms with Crippen molar-refractivity contribution in [3.63, 3.8) is 0 Å². The van der Waals surface area contributed by atoms with Crippen molar-refractivity contribution < 1.29 is 9.47 Å². The summed E-state index contributed by atoms with van der Waals surface area (Å²) in [4.78, 5) is 0. The zero-order valence-corrected chi connectivity index (χ0v) is 15.8. The maximum Gasteiger partial charge on any atom is 0.183 e. The van der Waals surface area contributed by atoms with Crippen LogP contribution in [-0.4, -0.2) is 13.2 Å². The molecule has 2 nitrogen and oxygen atoms in total. The van der Waals surface area contributed by atoms with E-state index in [2.05, 4.69) is 37.8 Å². The molecule has 2 heteroatoms. The van der Waals surface area contributed by atoms with Gasteiger partial charge in [0.2, 0.25) is 0 Å². The van der Waals surface area contributed by atoms with E-state index >= 15 is 0 Å². The minimum atomic E-state index is -0.180. The van der Waals surface area contributed by atoms with Crippen LogP contribution in [0.3, 0.4) is 0 Å². The number of allylic oxidation sites excluding steroid dienone is 1. The van der Waals surface area contributed by atoms with E-state index in [0.717, 1.165) is 43.5 Å². The van der Waals surface area contributed by atoms with E-state index in [0.29, 0.717) is 5.92 Å². The zero-order valence-electron chi connectivity index (χ0n) is 15.8. The molecule has 2 fully saturated rings. The van der Waals surface area contributed by atoms with E-state index in [1.165, 1.54) is 44.1 Å². The van der Waals surface area contributed by atoms with Crippen molar-refractivity contribution in [3.8, 4) is 0 Å². The molecule has 1 aromatic rings. The second kappa shape index (κ2) is 9.54. The third-order valence-corrected chi connectivity index (χ3v) is 6.07. The Morgan fingerprint density at radius 1 is 1.00 bits per heavy atom. The SMILES string of the molecule is C=CCCc1ccc(C2OCC(C3CCC(CCC)CC3)CO2)cc1. The van der Waals surface area contributed by atoms with Crippen molar-refractivity contribution in [2.45, 2.75) is 64.6 Å². The molecule has 25 heavy (non-hydrogen) atoms.